The van der Waals surface area contributed by atoms with E-state index in [2.05, 4.69) is 0 Å². The van der Waals surface area contributed by atoms with E-state index >= 15 is 0 Å². The third kappa shape index (κ3) is 2.04. The summed E-state index contributed by atoms with van der Waals surface area (Å²) in [4.78, 5) is 10.7. The first-order valence-electron chi connectivity index (χ1n) is 3.34. The van der Waals surface area contributed by atoms with Gasteiger partial charge in [-0.2, -0.15) is 5.26 Å². The van der Waals surface area contributed by atoms with Gasteiger partial charge in [0.05, 0.1) is 11.0 Å². The van der Waals surface area contributed by atoms with Gasteiger partial charge in [-0.05, 0) is 12.5 Å². The van der Waals surface area contributed by atoms with Crippen LogP contribution in [0.15, 0.2) is 12.1 Å². The van der Waals surface area contributed by atoms with Crippen LogP contribution < -0.4 is 0 Å². The topological polar surface area (TPSA) is 66.9 Å². The highest BCUT2D eigenvalue weighted by atomic mass is 32.1. The zero-order valence-electron chi connectivity index (χ0n) is 6.19. The van der Waals surface area contributed by atoms with Crippen LogP contribution >= 0.6 is 11.3 Å². The van der Waals surface area contributed by atoms with Gasteiger partial charge >= 0.3 is 5.00 Å². The average Bonchev–Trinajstić information content (AvgIpc) is 2.48. The smallest absolute Gasteiger partial charge is 0.258 e. The molecule has 4 nitrogen and oxygen atoms in total. The summed E-state index contributed by atoms with van der Waals surface area (Å²) < 4.78 is 0. The van der Waals surface area contributed by atoms with Crippen LogP contribution in [0.2, 0.25) is 0 Å². The van der Waals surface area contributed by atoms with E-state index in [0.29, 0.717) is 12.8 Å². The Kier molecular flexibility index (Phi) is 2.77. The number of nitrogens with zero attached hydrogens (tertiary/aromatic N) is 2. The number of hydrogen-bond donors (Lipinski definition) is 0. The molecule has 1 rings (SSSR count). The number of rotatable bonds is 3. The average molecular weight is 182 g/mol. The van der Waals surface area contributed by atoms with E-state index in [9.17, 15) is 10.1 Å². The van der Waals surface area contributed by atoms with E-state index in [1.54, 1.807) is 6.07 Å². The highest BCUT2D eigenvalue weighted by molar-refractivity contribution is 7.15. The Bertz CT molecular complexity index is 326. The van der Waals surface area contributed by atoms with Crippen LogP contribution in [-0.4, -0.2) is 4.92 Å². The van der Waals surface area contributed by atoms with Gasteiger partial charge in [-0.3, -0.25) is 10.1 Å². The molecule has 0 spiro atoms. The fraction of sp³-hybridized carbons (Fsp3) is 0.286. The van der Waals surface area contributed by atoms with Gasteiger partial charge in [0.2, 0.25) is 0 Å². The minimum absolute atomic E-state index is 0.142. The van der Waals surface area contributed by atoms with Gasteiger partial charge in [0.1, 0.15) is 0 Å². The summed E-state index contributed by atoms with van der Waals surface area (Å²) >= 11 is 1.13. The van der Waals surface area contributed by atoms with Gasteiger partial charge in [-0.15, -0.1) is 0 Å². The molecule has 1 aromatic heterocycles. The second-order valence-electron chi connectivity index (χ2n) is 2.16. The molecule has 12 heavy (non-hydrogen) atoms. The molecule has 0 bridgehead atoms. The Morgan fingerprint density at radius 1 is 1.67 bits per heavy atom. The summed E-state index contributed by atoms with van der Waals surface area (Å²) in [5.41, 5.74) is 0. The predicted molar refractivity (Wildman–Crippen MR) is 44.9 cm³/mol. The van der Waals surface area contributed by atoms with Gasteiger partial charge in [0, 0.05) is 17.4 Å². The third-order valence-electron chi connectivity index (χ3n) is 1.31. The van der Waals surface area contributed by atoms with E-state index in [1.165, 1.54) is 6.07 Å². The van der Waals surface area contributed by atoms with Crippen molar-refractivity contribution < 1.29 is 4.92 Å². The lowest BCUT2D eigenvalue weighted by atomic mass is 10.3. The zero-order valence-corrected chi connectivity index (χ0v) is 7.00. The first-order chi connectivity index (χ1) is 5.74. The van der Waals surface area contributed by atoms with Crippen molar-refractivity contribution in [3.8, 4) is 6.07 Å². The predicted octanol–water partition coefficient (Wildman–Crippen LogP) is 2.11. The van der Waals surface area contributed by atoms with Gasteiger partial charge in [-0.25, -0.2) is 0 Å². The molecule has 5 heteroatoms. The molecule has 0 saturated carbocycles. The minimum atomic E-state index is -0.416. The third-order valence-corrected chi connectivity index (χ3v) is 2.41. The van der Waals surface area contributed by atoms with Crippen molar-refractivity contribution in [3.05, 3.63) is 27.1 Å². The lowest BCUT2D eigenvalue weighted by molar-refractivity contribution is -0.380. The van der Waals surface area contributed by atoms with Crippen molar-refractivity contribution in [2.24, 2.45) is 0 Å². The maximum atomic E-state index is 10.2. The van der Waals surface area contributed by atoms with Crippen LogP contribution in [0.3, 0.4) is 0 Å². The standard InChI is InChI=1S/C7H6N2O2S/c8-5-1-2-6-3-4-7(12-6)9(10)11/h3-4H,1-2H2. The van der Waals surface area contributed by atoms with Crippen molar-refractivity contribution in [2.45, 2.75) is 12.8 Å². The Morgan fingerprint density at radius 3 is 2.92 bits per heavy atom. The summed E-state index contributed by atoms with van der Waals surface area (Å²) in [5.74, 6) is 0. The highest BCUT2D eigenvalue weighted by Crippen LogP contribution is 2.24. The number of nitro groups is 1. The zero-order chi connectivity index (χ0) is 8.97. The first-order valence-corrected chi connectivity index (χ1v) is 4.15. The molecule has 0 N–H and O–H groups in total. The molecule has 62 valence electrons. The molecule has 0 aromatic carbocycles. The molecule has 0 aliphatic rings. The van der Waals surface area contributed by atoms with E-state index in [1.807, 2.05) is 6.07 Å². The van der Waals surface area contributed by atoms with Crippen LogP contribution in [0.1, 0.15) is 11.3 Å². The number of thiophene rings is 1. The Labute approximate surface area is 73.2 Å². The fourth-order valence-electron chi connectivity index (χ4n) is 0.778. The van der Waals surface area contributed by atoms with Crippen LogP contribution in [0.4, 0.5) is 5.00 Å². The molecule has 0 atom stereocenters. The Morgan fingerprint density at radius 2 is 2.42 bits per heavy atom. The van der Waals surface area contributed by atoms with Gasteiger partial charge in [0.25, 0.3) is 0 Å². The second-order valence-corrected chi connectivity index (χ2v) is 3.30. The number of aryl methyl sites for hydroxylation is 1. The number of nitriles is 1. The molecule has 0 fully saturated rings. The maximum absolute atomic E-state index is 10.2. The van der Waals surface area contributed by atoms with E-state index in [0.717, 1.165) is 16.2 Å². The molecule has 0 saturated heterocycles. The Balaban J connectivity index is 2.66. The molecule has 0 unspecified atom stereocenters. The fourth-order valence-corrected chi connectivity index (χ4v) is 1.60. The molecule has 1 aromatic rings. The van der Waals surface area contributed by atoms with Gasteiger partial charge in [0.15, 0.2) is 0 Å². The minimum Gasteiger partial charge on any atom is -0.258 e. The summed E-state index contributed by atoms with van der Waals surface area (Å²) in [6.45, 7) is 0. The maximum Gasteiger partial charge on any atom is 0.324 e. The monoisotopic (exact) mass is 182 g/mol. The van der Waals surface area contributed by atoms with Gasteiger partial charge < -0.3 is 0 Å². The summed E-state index contributed by atoms with van der Waals surface area (Å²) in [6.07, 6.45) is 1.02. The lowest BCUT2D eigenvalue weighted by Crippen LogP contribution is -1.80. The Hall–Kier alpha value is -1.41. The van der Waals surface area contributed by atoms with E-state index in [-0.39, 0.29) is 5.00 Å². The normalized spacial score (nSPS) is 9.25. The van der Waals surface area contributed by atoms with Gasteiger partial charge in [-0.1, -0.05) is 11.3 Å². The highest BCUT2D eigenvalue weighted by Gasteiger charge is 2.08. The summed E-state index contributed by atoms with van der Waals surface area (Å²) in [6, 6.07) is 5.16. The molecular formula is C7H6N2O2S. The quantitative estimate of drug-likeness (QED) is 0.531. The largest absolute Gasteiger partial charge is 0.324 e. The van der Waals surface area contributed by atoms with E-state index < -0.39 is 4.92 Å². The molecule has 1 heterocycles. The van der Waals surface area contributed by atoms with Crippen LogP contribution in [0, 0.1) is 21.4 Å². The molecule has 0 amide bonds. The molecule has 0 radical (unpaired) electrons. The van der Waals surface area contributed by atoms with Crippen LogP contribution in [-0.2, 0) is 6.42 Å². The number of hydrogen-bond acceptors (Lipinski definition) is 4. The first kappa shape index (κ1) is 8.68. The van der Waals surface area contributed by atoms with Crippen LogP contribution in [0.25, 0.3) is 0 Å². The second kappa shape index (κ2) is 3.83. The van der Waals surface area contributed by atoms with Crippen molar-refractivity contribution in [3.63, 3.8) is 0 Å². The molecule has 0 aliphatic carbocycles. The lowest BCUT2D eigenvalue weighted by Gasteiger charge is -1.85. The summed E-state index contributed by atoms with van der Waals surface area (Å²) in [7, 11) is 0. The van der Waals surface area contributed by atoms with E-state index in [4.69, 9.17) is 5.26 Å². The van der Waals surface area contributed by atoms with Crippen molar-refractivity contribution >= 4 is 16.3 Å². The van der Waals surface area contributed by atoms with Crippen molar-refractivity contribution in [2.75, 3.05) is 0 Å². The molecular weight excluding hydrogens is 176 g/mol. The van der Waals surface area contributed by atoms with Crippen LogP contribution in [0.5, 0.6) is 0 Å². The molecule has 0 aliphatic heterocycles. The van der Waals surface area contributed by atoms with Crippen molar-refractivity contribution in [1.82, 2.24) is 0 Å². The summed E-state index contributed by atoms with van der Waals surface area (Å²) in [5, 5.41) is 18.6. The van der Waals surface area contributed by atoms with Crippen molar-refractivity contribution in [1.29, 1.82) is 5.26 Å². The SMILES string of the molecule is N#CCCc1ccc([N+](=O)[O-])s1.